The van der Waals surface area contributed by atoms with Crippen molar-refractivity contribution in [2.75, 3.05) is 6.54 Å². The van der Waals surface area contributed by atoms with Crippen LogP contribution >= 0.6 is 15.9 Å². The monoisotopic (exact) mass is 319 g/mol. The number of hydrogen-bond donors (Lipinski definition) is 1. The van der Waals surface area contributed by atoms with Gasteiger partial charge in [-0.3, -0.25) is 4.79 Å². The SMILES string of the molecule is CC#CCNC(=O)c1cc(C(F)(F)F)ccc1Br. The number of benzene rings is 1. The fourth-order valence-corrected chi connectivity index (χ4v) is 1.61. The predicted octanol–water partition coefficient (Wildman–Crippen LogP) is 3.22. The summed E-state index contributed by atoms with van der Waals surface area (Å²) in [6, 6.07) is 2.91. The molecule has 1 amide bonds. The molecule has 0 aliphatic carbocycles. The number of amides is 1. The third kappa shape index (κ3) is 3.77. The van der Waals surface area contributed by atoms with Crippen LogP contribution in [0.3, 0.4) is 0 Å². The van der Waals surface area contributed by atoms with Gasteiger partial charge in [-0.2, -0.15) is 13.2 Å². The Balaban J connectivity index is 2.99. The van der Waals surface area contributed by atoms with Crippen LogP contribution in [0.1, 0.15) is 22.8 Å². The van der Waals surface area contributed by atoms with E-state index in [4.69, 9.17) is 0 Å². The van der Waals surface area contributed by atoms with Crippen molar-refractivity contribution in [1.82, 2.24) is 5.32 Å². The first-order chi connectivity index (χ1) is 8.36. The summed E-state index contributed by atoms with van der Waals surface area (Å²) in [6.45, 7) is 1.70. The van der Waals surface area contributed by atoms with Gasteiger partial charge < -0.3 is 5.32 Å². The van der Waals surface area contributed by atoms with Crippen molar-refractivity contribution in [1.29, 1.82) is 0 Å². The highest BCUT2D eigenvalue weighted by Gasteiger charge is 2.31. The smallest absolute Gasteiger partial charge is 0.341 e. The molecule has 96 valence electrons. The summed E-state index contributed by atoms with van der Waals surface area (Å²) >= 11 is 3.04. The molecule has 0 saturated heterocycles. The number of hydrogen-bond acceptors (Lipinski definition) is 1. The Kier molecular flexibility index (Phi) is 4.79. The van der Waals surface area contributed by atoms with E-state index in [1.54, 1.807) is 6.92 Å². The Bertz CT molecular complexity index is 514. The summed E-state index contributed by atoms with van der Waals surface area (Å²) in [6.07, 6.45) is -4.47. The van der Waals surface area contributed by atoms with Crippen molar-refractivity contribution in [2.45, 2.75) is 13.1 Å². The van der Waals surface area contributed by atoms with Crippen LogP contribution in [0.4, 0.5) is 13.2 Å². The first-order valence-corrected chi connectivity index (χ1v) is 5.70. The molecule has 1 N–H and O–H groups in total. The Morgan fingerprint density at radius 3 is 2.67 bits per heavy atom. The van der Waals surface area contributed by atoms with Gasteiger partial charge in [0, 0.05) is 4.47 Å². The van der Waals surface area contributed by atoms with E-state index in [1.807, 2.05) is 0 Å². The third-order valence-corrected chi connectivity index (χ3v) is 2.74. The summed E-state index contributed by atoms with van der Waals surface area (Å²) in [4.78, 5) is 11.6. The molecule has 18 heavy (non-hydrogen) atoms. The van der Waals surface area contributed by atoms with Gasteiger partial charge >= 0.3 is 6.18 Å². The van der Waals surface area contributed by atoms with E-state index < -0.39 is 17.6 Å². The lowest BCUT2D eigenvalue weighted by atomic mass is 10.1. The quantitative estimate of drug-likeness (QED) is 0.833. The Morgan fingerprint density at radius 1 is 1.44 bits per heavy atom. The van der Waals surface area contributed by atoms with Gasteiger partial charge in [0.2, 0.25) is 0 Å². The van der Waals surface area contributed by atoms with Crippen molar-refractivity contribution >= 4 is 21.8 Å². The second-order valence-corrected chi connectivity index (χ2v) is 4.16. The molecule has 0 aliphatic heterocycles. The lowest BCUT2D eigenvalue weighted by Crippen LogP contribution is -2.24. The van der Waals surface area contributed by atoms with Crippen LogP contribution in [-0.4, -0.2) is 12.5 Å². The molecular formula is C12H9BrF3NO. The van der Waals surface area contributed by atoms with E-state index in [1.165, 1.54) is 6.07 Å². The topological polar surface area (TPSA) is 29.1 Å². The van der Waals surface area contributed by atoms with Gasteiger partial charge in [-0.05, 0) is 41.1 Å². The molecule has 1 aromatic carbocycles. The number of rotatable bonds is 2. The van der Waals surface area contributed by atoms with E-state index in [0.29, 0.717) is 4.47 Å². The molecule has 2 nitrogen and oxygen atoms in total. The highest BCUT2D eigenvalue weighted by Crippen LogP contribution is 2.31. The number of alkyl halides is 3. The minimum absolute atomic E-state index is 0.0669. The maximum absolute atomic E-state index is 12.5. The number of halogens is 4. The molecule has 0 bridgehead atoms. The zero-order valence-electron chi connectivity index (χ0n) is 9.36. The van der Waals surface area contributed by atoms with Gasteiger partial charge in [0.25, 0.3) is 5.91 Å². The van der Waals surface area contributed by atoms with Gasteiger partial charge in [0.1, 0.15) is 0 Å². The average molecular weight is 320 g/mol. The average Bonchev–Trinajstić information content (AvgIpc) is 2.28. The fraction of sp³-hybridized carbons (Fsp3) is 0.250. The molecular weight excluding hydrogens is 311 g/mol. The normalized spacial score (nSPS) is 10.5. The molecule has 0 unspecified atom stereocenters. The predicted molar refractivity (Wildman–Crippen MR) is 64.9 cm³/mol. The van der Waals surface area contributed by atoms with Gasteiger partial charge in [-0.1, -0.05) is 5.92 Å². The zero-order chi connectivity index (χ0) is 13.8. The summed E-state index contributed by atoms with van der Waals surface area (Å²) in [5.41, 5.74) is -0.930. The van der Waals surface area contributed by atoms with Crippen LogP contribution in [0.15, 0.2) is 22.7 Å². The molecule has 0 aromatic heterocycles. The molecule has 0 spiro atoms. The van der Waals surface area contributed by atoms with E-state index in [2.05, 4.69) is 33.1 Å². The van der Waals surface area contributed by atoms with E-state index in [-0.39, 0.29) is 12.1 Å². The summed E-state index contributed by atoms with van der Waals surface area (Å²) in [5, 5.41) is 2.41. The van der Waals surface area contributed by atoms with Crippen LogP contribution in [0.5, 0.6) is 0 Å². The van der Waals surface area contributed by atoms with Crippen LogP contribution in [0, 0.1) is 11.8 Å². The first-order valence-electron chi connectivity index (χ1n) is 4.91. The van der Waals surface area contributed by atoms with E-state index >= 15 is 0 Å². The highest BCUT2D eigenvalue weighted by atomic mass is 79.9. The van der Waals surface area contributed by atoms with Crippen LogP contribution in [0.2, 0.25) is 0 Å². The minimum atomic E-state index is -4.47. The van der Waals surface area contributed by atoms with Crippen LogP contribution in [-0.2, 0) is 6.18 Å². The van der Waals surface area contributed by atoms with Crippen molar-refractivity contribution < 1.29 is 18.0 Å². The molecule has 0 heterocycles. The molecule has 0 fully saturated rings. The number of carbonyl (C=O) groups excluding carboxylic acids is 1. The molecule has 0 saturated carbocycles. The molecule has 6 heteroatoms. The van der Waals surface area contributed by atoms with E-state index in [9.17, 15) is 18.0 Å². The lowest BCUT2D eigenvalue weighted by molar-refractivity contribution is -0.137. The van der Waals surface area contributed by atoms with Crippen molar-refractivity contribution in [3.63, 3.8) is 0 Å². The Labute approximate surface area is 111 Å². The van der Waals surface area contributed by atoms with Crippen molar-refractivity contribution in [3.8, 4) is 11.8 Å². The Hall–Kier alpha value is -1.48. The molecule has 0 atom stereocenters. The fourth-order valence-electron chi connectivity index (χ4n) is 1.18. The van der Waals surface area contributed by atoms with Crippen molar-refractivity contribution in [3.05, 3.63) is 33.8 Å². The van der Waals surface area contributed by atoms with E-state index in [0.717, 1.165) is 12.1 Å². The minimum Gasteiger partial charge on any atom is -0.341 e. The first kappa shape index (κ1) is 14.6. The maximum atomic E-state index is 12.5. The summed E-state index contributed by atoms with van der Waals surface area (Å²) < 4.78 is 37.8. The lowest BCUT2D eigenvalue weighted by Gasteiger charge is -2.10. The van der Waals surface area contributed by atoms with Gasteiger partial charge in [-0.15, -0.1) is 5.92 Å². The number of nitrogens with one attached hydrogen (secondary N) is 1. The third-order valence-electron chi connectivity index (χ3n) is 2.05. The molecule has 1 aromatic rings. The maximum Gasteiger partial charge on any atom is 0.416 e. The Morgan fingerprint density at radius 2 is 2.11 bits per heavy atom. The second-order valence-electron chi connectivity index (χ2n) is 3.30. The summed E-state index contributed by atoms with van der Waals surface area (Å²) in [7, 11) is 0. The second kappa shape index (κ2) is 5.91. The van der Waals surface area contributed by atoms with Crippen LogP contribution in [0.25, 0.3) is 0 Å². The molecule has 0 aliphatic rings. The van der Waals surface area contributed by atoms with Gasteiger partial charge in [0.15, 0.2) is 0 Å². The van der Waals surface area contributed by atoms with Crippen LogP contribution < -0.4 is 5.32 Å². The standard InChI is InChI=1S/C12H9BrF3NO/c1-2-3-6-17-11(18)9-7-8(12(14,15)16)4-5-10(9)13/h4-5,7H,6H2,1H3,(H,17,18). The van der Waals surface area contributed by atoms with Gasteiger partial charge in [-0.25, -0.2) is 0 Å². The molecule has 0 radical (unpaired) electrons. The zero-order valence-corrected chi connectivity index (χ0v) is 10.9. The van der Waals surface area contributed by atoms with Crippen molar-refractivity contribution in [2.24, 2.45) is 0 Å². The number of carbonyl (C=O) groups is 1. The largest absolute Gasteiger partial charge is 0.416 e. The summed E-state index contributed by atoms with van der Waals surface area (Å²) in [5.74, 6) is 4.56. The highest BCUT2D eigenvalue weighted by molar-refractivity contribution is 9.10. The molecule has 1 rings (SSSR count). The van der Waals surface area contributed by atoms with Gasteiger partial charge in [0.05, 0.1) is 17.7 Å².